The molecule has 0 saturated carbocycles. The number of benzene rings is 1. The zero-order valence-corrected chi connectivity index (χ0v) is 26.0. The molecule has 1 spiro atoms. The summed E-state index contributed by atoms with van der Waals surface area (Å²) < 4.78 is 4.39. The quantitative estimate of drug-likeness (QED) is 0.182. The average Bonchev–Trinajstić information content (AvgIpc) is 3.53. The van der Waals surface area contributed by atoms with Crippen LogP contribution in [0.3, 0.4) is 0 Å². The van der Waals surface area contributed by atoms with Crippen molar-refractivity contribution in [2.45, 2.75) is 81.8 Å². The number of fused-ring (bicyclic) bond motifs is 1. The predicted molar refractivity (Wildman–Crippen MR) is 165 cm³/mol. The van der Waals surface area contributed by atoms with Crippen molar-refractivity contribution in [2.75, 3.05) is 49.2 Å². The summed E-state index contributed by atoms with van der Waals surface area (Å²) in [6.07, 6.45) is 6.38. The highest BCUT2D eigenvalue weighted by Crippen LogP contribution is 2.71. The number of rotatable bonds is 15. The molecule has 41 heavy (non-hydrogen) atoms. The molecule has 0 aliphatic carbocycles. The first-order chi connectivity index (χ1) is 19.7. The van der Waals surface area contributed by atoms with Gasteiger partial charge in [-0.1, -0.05) is 18.9 Å². The Labute approximate surface area is 249 Å². The molecule has 8 nitrogen and oxygen atoms in total. The van der Waals surface area contributed by atoms with Gasteiger partial charge in [-0.05, 0) is 77.6 Å². The molecule has 1 aromatic carbocycles. The van der Waals surface area contributed by atoms with Crippen LogP contribution in [0.25, 0.3) is 0 Å². The Hall–Kier alpha value is -2.52. The van der Waals surface area contributed by atoms with Crippen molar-refractivity contribution in [2.24, 2.45) is 11.8 Å². The third kappa shape index (κ3) is 5.64. The van der Waals surface area contributed by atoms with Gasteiger partial charge in [0, 0.05) is 48.9 Å². The molecular weight excluding hydrogens is 538 g/mol. The lowest BCUT2D eigenvalue weighted by Crippen LogP contribution is -2.55. The molecule has 2 unspecified atom stereocenters. The number of ether oxygens (including phenoxy) is 1. The van der Waals surface area contributed by atoms with Gasteiger partial charge in [0.2, 0.25) is 5.91 Å². The van der Waals surface area contributed by atoms with E-state index in [1.165, 1.54) is 0 Å². The number of anilines is 2. The largest absolute Gasteiger partial charge is 0.466 e. The molecule has 3 aliphatic heterocycles. The number of hydrogen-bond donors (Lipinski definition) is 1. The fraction of sp³-hybridized carbons (Fsp3) is 0.656. The fourth-order valence-electron chi connectivity index (χ4n) is 7.31. The van der Waals surface area contributed by atoms with E-state index in [1.807, 2.05) is 24.3 Å². The fourth-order valence-corrected chi connectivity index (χ4v) is 9.65. The molecule has 0 aromatic heterocycles. The lowest BCUT2D eigenvalue weighted by Gasteiger charge is -2.37. The molecule has 3 heterocycles. The summed E-state index contributed by atoms with van der Waals surface area (Å²) in [7, 11) is 0. The number of aliphatic hydroxyl groups is 1. The Bertz CT molecular complexity index is 1110. The van der Waals surface area contributed by atoms with Crippen LogP contribution < -0.4 is 9.80 Å². The van der Waals surface area contributed by atoms with Gasteiger partial charge in [-0.3, -0.25) is 14.4 Å². The average molecular weight is 586 g/mol. The Morgan fingerprint density at radius 2 is 1.76 bits per heavy atom. The molecule has 5 atom stereocenters. The topological polar surface area (TPSA) is 90.4 Å². The first-order valence-electron chi connectivity index (χ1n) is 15.3. The summed E-state index contributed by atoms with van der Waals surface area (Å²) in [6, 6.07) is 7.36. The van der Waals surface area contributed by atoms with E-state index in [4.69, 9.17) is 4.74 Å². The van der Waals surface area contributed by atoms with Crippen molar-refractivity contribution in [3.8, 4) is 0 Å². The molecule has 4 rings (SSSR count). The maximum absolute atomic E-state index is 14.7. The number of aliphatic hydroxyl groups excluding tert-OH is 1. The van der Waals surface area contributed by atoms with Crippen LogP contribution >= 0.6 is 11.8 Å². The molecule has 2 bridgehead atoms. The molecule has 1 N–H and O–H groups in total. The van der Waals surface area contributed by atoms with Gasteiger partial charge in [0.25, 0.3) is 5.91 Å². The molecular formula is C32H47N3O5S. The molecule has 3 fully saturated rings. The van der Waals surface area contributed by atoms with Gasteiger partial charge in [-0.2, -0.15) is 0 Å². The maximum Gasteiger partial charge on any atom is 0.311 e. The van der Waals surface area contributed by atoms with Crippen LogP contribution in [0.4, 0.5) is 11.4 Å². The second kappa shape index (κ2) is 13.2. The lowest BCUT2D eigenvalue weighted by molar-refractivity contribution is -0.155. The van der Waals surface area contributed by atoms with Gasteiger partial charge >= 0.3 is 5.97 Å². The van der Waals surface area contributed by atoms with Gasteiger partial charge < -0.3 is 24.5 Å². The number of thioether (sulfide) groups is 1. The van der Waals surface area contributed by atoms with Crippen LogP contribution in [0.1, 0.15) is 66.2 Å². The summed E-state index contributed by atoms with van der Waals surface area (Å²) >= 11 is 1.67. The van der Waals surface area contributed by atoms with Gasteiger partial charge in [-0.25, -0.2) is 0 Å². The first kappa shape index (κ1) is 31.4. The number of unbranched alkanes of at least 4 members (excludes halogenated alkanes) is 3. The molecule has 1 aromatic rings. The lowest BCUT2D eigenvalue weighted by atomic mass is 9.66. The van der Waals surface area contributed by atoms with Gasteiger partial charge in [-0.15, -0.1) is 18.3 Å². The standard InChI is InChI=1S/C32H47N3O5S/c1-6-20-34(24-16-14-23(15-17-24)33(7-2)8-3)29(38)27-32-19-18-31(5,41-32)26(30(39)40-9-4)25(32)28(37)35(27)21-12-10-11-13-22-36/h6,14-17,25-27,36H,1,7-13,18-22H2,2-5H3/t25-,26-,27?,31+,32?/m0/s1. The first-order valence-corrected chi connectivity index (χ1v) is 16.1. The Balaban J connectivity index is 1.71. The summed E-state index contributed by atoms with van der Waals surface area (Å²) in [6.45, 7) is 15.0. The smallest absolute Gasteiger partial charge is 0.311 e. The molecule has 3 aliphatic rings. The minimum absolute atomic E-state index is 0.102. The van der Waals surface area contributed by atoms with Crippen molar-refractivity contribution >= 4 is 40.9 Å². The third-order valence-corrected chi connectivity index (χ3v) is 11.2. The van der Waals surface area contributed by atoms with Crippen LogP contribution in [-0.2, 0) is 19.1 Å². The van der Waals surface area contributed by atoms with Crippen molar-refractivity contribution in [3.63, 3.8) is 0 Å². The van der Waals surface area contributed by atoms with Gasteiger partial charge in [0.05, 0.1) is 23.2 Å². The highest BCUT2D eigenvalue weighted by Gasteiger charge is 2.77. The zero-order chi connectivity index (χ0) is 29.8. The molecule has 0 radical (unpaired) electrons. The molecule has 3 saturated heterocycles. The number of hydrogen-bond acceptors (Lipinski definition) is 7. The summed E-state index contributed by atoms with van der Waals surface area (Å²) in [4.78, 5) is 48.0. The molecule has 226 valence electrons. The summed E-state index contributed by atoms with van der Waals surface area (Å²) in [5.74, 6) is -1.69. The number of carbonyl (C=O) groups is 3. The Morgan fingerprint density at radius 1 is 1.10 bits per heavy atom. The third-order valence-electron chi connectivity index (χ3n) is 9.23. The van der Waals surface area contributed by atoms with E-state index < -0.39 is 27.4 Å². The predicted octanol–water partition coefficient (Wildman–Crippen LogP) is 4.65. The van der Waals surface area contributed by atoms with Crippen molar-refractivity contribution in [3.05, 3.63) is 36.9 Å². The van der Waals surface area contributed by atoms with E-state index in [-0.39, 0.29) is 31.0 Å². The number of likely N-dealkylation sites (tertiary alicyclic amines) is 1. The highest BCUT2D eigenvalue weighted by molar-refractivity contribution is 8.02. The van der Waals surface area contributed by atoms with Crippen LogP contribution in [0.5, 0.6) is 0 Å². The number of carbonyl (C=O) groups excluding carboxylic acids is 3. The maximum atomic E-state index is 14.7. The van der Waals surface area contributed by atoms with Crippen LogP contribution in [0.15, 0.2) is 36.9 Å². The van der Waals surface area contributed by atoms with Crippen LogP contribution in [-0.4, -0.2) is 82.7 Å². The summed E-state index contributed by atoms with van der Waals surface area (Å²) in [5.41, 5.74) is 1.87. The van der Waals surface area contributed by atoms with E-state index in [1.54, 1.807) is 34.6 Å². The number of esters is 1. The van der Waals surface area contributed by atoms with E-state index in [0.29, 0.717) is 19.5 Å². The Morgan fingerprint density at radius 3 is 2.37 bits per heavy atom. The van der Waals surface area contributed by atoms with E-state index in [2.05, 4.69) is 32.3 Å². The van der Waals surface area contributed by atoms with E-state index >= 15 is 0 Å². The minimum atomic E-state index is -0.675. The Kier molecular flexibility index (Phi) is 10.1. The normalized spacial score (nSPS) is 28.1. The van der Waals surface area contributed by atoms with Gasteiger partial charge in [0.1, 0.15) is 6.04 Å². The van der Waals surface area contributed by atoms with Gasteiger partial charge in [0.15, 0.2) is 0 Å². The second-order valence-corrected chi connectivity index (χ2v) is 13.5. The number of amides is 2. The monoisotopic (exact) mass is 585 g/mol. The number of nitrogens with zero attached hydrogens (tertiary/aromatic N) is 3. The molecule has 2 amide bonds. The van der Waals surface area contributed by atoms with E-state index in [0.717, 1.165) is 56.6 Å². The minimum Gasteiger partial charge on any atom is -0.466 e. The van der Waals surface area contributed by atoms with Crippen molar-refractivity contribution < 1.29 is 24.2 Å². The van der Waals surface area contributed by atoms with Crippen molar-refractivity contribution in [1.82, 2.24) is 4.90 Å². The van der Waals surface area contributed by atoms with E-state index in [9.17, 15) is 19.5 Å². The zero-order valence-electron chi connectivity index (χ0n) is 25.1. The highest BCUT2D eigenvalue weighted by atomic mass is 32.2. The van der Waals surface area contributed by atoms with Crippen LogP contribution in [0.2, 0.25) is 0 Å². The second-order valence-electron chi connectivity index (χ2n) is 11.6. The van der Waals surface area contributed by atoms with Crippen LogP contribution in [0, 0.1) is 11.8 Å². The molecule has 9 heteroatoms. The van der Waals surface area contributed by atoms with Crippen molar-refractivity contribution in [1.29, 1.82) is 0 Å². The SMILES string of the molecule is C=CCN(C(=O)C1N(CCCCCCO)C(=O)[C@@H]2[C@@H](C(=O)OCC)[C@@]3(C)CCC12S3)c1ccc(N(CC)CC)cc1. The summed E-state index contributed by atoms with van der Waals surface area (Å²) in [5, 5.41) is 9.19.